The molecule has 0 aromatic heterocycles. The highest BCUT2D eigenvalue weighted by Crippen LogP contribution is 2.20. The van der Waals surface area contributed by atoms with E-state index >= 15 is 0 Å². The van der Waals surface area contributed by atoms with Crippen LogP contribution in [-0.4, -0.2) is 198 Å². The molecule has 12 N–H and O–H groups in total. The molecule has 0 unspecified atom stereocenters. The second-order valence-electron chi connectivity index (χ2n) is 10.5. The van der Waals surface area contributed by atoms with E-state index in [0.717, 1.165) is 19.6 Å². The van der Waals surface area contributed by atoms with E-state index in [1.807, 2.05) is 11.0 Å². The SMILES string of the molecule is CN(CC(=O)N1C[C@H](O)[C@@H](O)[C@H](O)[C@H]1CO)C(=N)NOC(=O)/C=C\C(=O)ONC(=N)N(C)CC(=O)N1C[C@H](O)[C@@H](O)[C@H](O)[C@H]1CO. The Labute approximate surface area is 261 Å². The monoisotopic (exact) mass is 664 g/mol. The van der Waals surface area contributed by atoms with Gasteiger partial charge >= 0.3 is 11.9 Å². The van der Waals surface area contributed by atoms with Gasteiger partial charge < -0.3 is 70.1 Å². The lowest BCUT2D eigenvalue weighted by molar-refractivity contribution is -0.166. The molecule has 2 aliphatic rings. The maximum Gasteiger partial charge on any atom is 0.356 e. The third kappa shape index (κ3) is 9.67. The van der Waals surface area contributed by atoms with Crippen LogP contribution >= 0.6 is 0 Å². The first-order valence-electron chi connectivity index (χ1n) is 13.6. The van der Waals surface area contributed by atoms with Crippen LogP contribution in [-0.2, 0) is 28.9 Å². The number of carbonyl (C=O) groups excluding carboxylic acids is 4. The Hall–Kier alpha value is -4.16. The molecule has 0 aliphatic carbocycles. The summed E-state index contributed by atoms with van der Waals surface area (Å²) in [5, 5.41) is 94.0. The van der Waals surface area contributed by atoms with E-state index in [4.69, 9.17) is 10.8 Å². The standard InChI is InChI=1S/C24H40N8O14/c1-29(7-15(37)31-5-13(35)21(43)19(41)11(31)9-33)23(25)27-45-17(39)3-4-18(40)46-28-24(26)30(2)8-16(38)32-6-14(36)22(44)20(42)12(32)10-34/h3-4,11-14,19-22,33-36,41-44H,5-10H2,1-2H3,(H2,25,27)(H2,26,28)/b4-3-/t11-,12-,13+,14+,19-,20-,21-,22-/m1/s1. The first kappa shape index (κ1) is 38.0. The number of aliphatic hydroxyl groups excluding tert-OH is 8. The van der Waals surface area contributed by atoms with Crippen molar-refractivity contribution in [3.8, 4) is 0 Å². The summed E-state index contributed by atoms with van der Waals surface area (Å²) in [6.45, 7) is -3.24. The lowest BCUT2D eigenvalue weighted by Gasteiger charge is -2.43. The van der Waals surface area contributed by atoms with E-state index in [-0.39, 0.29) is 13.1 Å². The van der Waals surface area contributed by atoms with E-state index in [9.17, 15) is 60.0 Å². The zero-order valence-electron chi connectivity index (χ0n) is 24.8. The molecular weight excluding hydrogens is 624 g/mol. The molecule has 2 amide bonds. The highest BCUT2D eigenvalue weighted by atomic mass is 16.7. The Balaban J connectivity index is 1.76. The minimum absolute atomic E-state index is 0.388. The lowest BCUT2D eigenvalue weighted by atomic mass is 9.94. The quantitative estimate of drug-likeness (QED) is 0.0496. The van der Waals surface area contributed by atoms with Crippen molar-refractivity contribution < 1.29 is 69.7 Å². The molecule has 0 saturated carbocycles. The molecular formula is C24H40N8O14. The van der Waals surface area contributed by atoms with Crippen molar-refractivity contribution in [3.63, 3.8) is 0 Å². The highest BCUT2D eigenvalue weighted by molar-refractivity contribution is 5.93. The molecule has 0 radical (unpaired) electrons. The van der Waals surface area contributed by atoms with Crippen LogP contribution in [0.2, 0.25) is 0 Å². The third-order valence-corrected chi connectivity index (χ3v) is 7.22. The van der Waals surface area contributed by atoms with Gasteiger partial charge in [-0.25, -0.2) is 9.59 Å². The van der Waals surface area contributed by atoms with Crippen LogP contribution in [0.4, 0.5) is 0 Å². The van der Waals surface area contributed by atoms with Gasteiger partial charge in [-0.15, -0.1) is 0 Å². The smallest absolute Gasteiger partial charge is 0.356 e. The number of aliphatic hydroxyl groups is 8. The molecule has 22 heteroatoms. The number of nitrogens with one attached hydrogen (secondary N) is 4. The molecule has 0 aromatic carbocycles. The van der Waals surface area contributed by atoms with Gasteiger partial charge in [-0.2, -0.15) is 11.0 Å². The molecule has 0 aromatic rings. The van der Waals surface area contributed by atoms with E-state index in [0.29, 0.717) is 12.2 Å². The number of rotatable bonds is 8. The fourth-order valence-electron chi connectivity index (χ4n) is 4.46. The van der Waals surface area contributed by atoms with E-state index < -0.39 is 111 Å². The molecule has 260 valence electrons. The predicted octanol–water partition coefficient (Wildman–Crippen LogP) is -8.06. The topological polar surface area (TPSA) is 333 Å². The summed E-state index contributed by atoms with van der Waals surface area (Å²) in [5.41, 5.74) is 3.87. The Kier molecular flexibility index (Phi) is 14.0. The third-order valence-electron chi connectivity index (χ3n) is 7.22. The van der Waals surface area contributed by atoms with Crippen LogP contribution in [0.3, 0.4) is 0 Å². The summed E-state index contributed by atoms with van der Waals surface area (Å²) in [4.78, 5) is 62.1. The average molecular weight is 665 g/mol. The Morgan fingerprint density at radius 3 is 1.33 bits per heavy atom. The molecule has 2 saturated heterocycles. The van der Waals surface area contributed by atoms with Gasteiger partial charge in [0.2, 0.25) is 23.7 Å². The fourth-order valence-corrected chi connectivity index (χ4v) is 4.46. The molecule has 46 heavy (non-hydrogen) atoms. The van der Waals surface area contributed by atoms with Crippen LogP contribution in [0.1, 0.15) is 0 Å². The van der Waals surface area contributed by atoms with Gasteiger partial charge in [0.1, 0.15) is 36.6 Å². The highest BCUT2D eigenvalue weighted by Gasteiger charge is 2.44. The number of hydrogen-bond acceptors (Lipinski definition) is 16. The van der Waals surface area contributed by atoms with Crippen molar-refractivity contribution in [2.75, 3.05) is 53.5 Å². The molecule has 0 bridgehead atoms. The van der Waals surface area contributed by atoms with Gasteiger partial charge in [0.05, 0.1) is 38.4 Å². The number of guanidine groups is 2. The minimum Gasteiger partial charge on any atom is -0.394 e. The van der Waals surface area contributed by atoms with Crippen LogP contribution in [0, 0.1) is 10.8 Å². The van der Waals surface area contributed by atoms with Gasteiger partial charge in [-0.3, -0.25) is 20.4 Å². The molecule has 22 nitrogen and oxygen atoms in total. The Bertz CT molecular complexity index is 1070. The van der Waals surface area contributed by atoms with E-state index in [1.54, 1.807) is 0 Å². The molecule has 8 atom stereocenters. The number of piperidine rings is 2. The van der Waals surface area contributed by atoms with Gasteiger partial charge in [-0.05, 0) is 0 Å². The normalized spacial score (nSPS) is 27.9. The number of carbonyl (C=O) groups is 4. The van der Waals surface area contributed by atoms with Crippen molar-refractivity contribution in [1.82, 2.24) is 30.6 Å². The number of likely N-dealkylation sites (N-methyl/N-ethyl adjacent to an activating group) is 2. The van der Waals surface area contributed by atoms with Gasteiger partial charge in [0, 0.05) is 39.3 Å². The van der Waals surface area contributed by atoms with E-state index in [1.165, 1.54) is 14.1 Å². The van der Waals surface area contributed by atoms with Gasteiger partial charge in [-0.1, -0.05) is 0 Å². The van der Waals surface area contributed by atoms with Crippen molar-refractivity contribution in [3.05, 3.63) is 12.2 Å². The van der Waals surface area contributed by atoms with Crippen LogP contribution in [0.25, 0.3) is 0 Å². The summed E-state index contributed by atoms with van der Waals surface area (Å²) in [6.07, 6.45) is -8.11. The molecule has 2 aliphatic heterocycles. The van der Waals surface area contributed by atoms with Crippen molar-refractivity contribution in [2.24, 2.45) is 0 Å². The zero-order chi connectivity index (χ0) is 34.9. The Morgan fingerprint density at radius 1 is 0.696 bits per heavy atom. The number of likely N-dealkylation sites (tertiary alicyclic amines) is 2. The zero-order valence-corrected chi connectivity index (χ0v) is 24.8. The van der Waals surface area contributed by atoms with Crippen molar-refractivity contribution in [1.29, 1.82) is 10.8 Å². The molecule has 2 fully saturated rings. The summed E-state index contributed by atoms with van der Waals surface area (Å²) in [7, 11) is 2.52. The molecule has 2 heterocycles. The number of hydrogen-bond donors (Lipinski definition) is 12. The maximum absolute atomic E-state index is 12.6. The summed E-state index contributed by atoms with van der Waals surface area (Å²) in [6, 6.07) is -2.41. The second-order valence-corrected chi connectivity index (χ2v) is 10.5. The molecule has 2 rings (SSSR count). The maximum atomic E-state index is 12.6. The summed E-state index contributed by atoms with van der Waals surface area (Å²) >= 11 is 0. The minimum atomic E-state index is -1.61. The lowest BCUT2D eigenvalue weighted by Crippen LogP contribution is -2.65. The first-order chi connectivity index (χ1) is 21.5. The number of nitrogens with zero attached hydrogens (tertiary/aromatic N) is 4. The van der Waals surface area contributed by atoms with Crippen LogP contribution in [0.15, 0.2) is 12.2 Å². The molecule has 0 spiro atoms. The largest absolute Gasteiger partial charge is 0.394 e. The summed E-state index contributed by atoms with van der Waals surface area (Å²) in [5.74, 6) is -5.05. The number of amides is 2. The Morgan fingerprint density at radius 2 is 1.02 bits per heavy atom. The van der Waals surface area contributed by atoms with E-state index in [2.05, 4.69) is 9.68 Å². The fraction of sp³-hybridized carbons (Fsp3) is 0.667. The van der Waals surface area contributed by atoms with Crippen molar-refractivity contribution >= 4 is 35.7 Å². The number of hydroxylamine groups is 2. The predicted molar refractivity (Wildman–Crippen MR) is 150 cm³/mol. The average Bonchev–Trinajstić information content (AvgIpc) is 3.02. The second kappa shape index (κ2) is 17.0. The van der Waals surface area contributed by atoms with Crippen LogP contribution < -0.4 is 11.0 Å². The van der Waals surface area contributed by atoms with Crippen molar-refractivity contribution in [2.45, 2.75) is 48.7 Å². The number of β-amino-alcohol motifs (C(OH)–C–C–N with tert-alkyl or cyclic N) is 2. The van der Waals surface area contributed by atoms with Crippen LogP contribution in [0.5, 0.6) is 0 Å². The van der Waals surface area contributed by atoms with Gasteiger partial charge in [0.15, 0.2) is 0 Å². The summed E-state index contributed by atoms with van der Waals surface area (Å²) < 4.78 is 0. The first-order valence-corrected chi connectivity index (χ1v) is 13.6. The van der Waals surface area contributed by atoms with Gasteiger partial charge in [0.25, 0.3) is 0 Å².